The van der Waals surface area contributed by atoms with E-state index in [9.17, 15) is 9.90 Å². The van der Waals surface area contributed by atoms with Gasteiger partial charge in [0.05, 0.1) is 19.8 Å². The Bertz CT molecular complexity index is 514. The van der Waals surface area contributed by atoms with Crippen molar-refractivity contribution >= 4 is 6.08 Å². The van der Waals surface area contributed by atoms with E-state index in [0.29, 0.717) is 29.9 Å². The van der Waals surface area contributed by atoms with Crippen LogP contribution in [0.1, 0.15) is 31.2 Å². The van der Waals surface area contributed by atoms with E-state index in [1.54, 1.807) is 12.1 Å². The van der Waals surface area contributed by atoms with Gasteiger partial charge in [-0.2, -0.15) is 4.99 Å². The molecule has 0 aromatic heterocycles. The number of nitrogens with zero attached hydrogens (tertiary/aromatic N) is 1. The number of benzene rings is 1. The van der Waals surface area contributed by atoms with E-state index in [4.69, 9.17) is 9.47 Å². The lowest BCUT2D eigenvalue weighted by Crippen LogP contribution is -2.20. The van der Waals surface area contributed by atoms with E-state index < -0.39 is 5.54 Å². The molecule has 1 aliphatic carbocycles. The standard InChI is InChI=1S/C14H17NO4/c1-18-11-6-5-10(17)12(13(11)19-2)14(15-9-16)7-3-4-8-14/h5-6,17H,3-4,7-8H2,1-2H3. The molecule has 1 saturated carbocycles. The molecule has 1 aromatic rings. The highest BCUT2D eigenvalue weighted by molar-refractivity contribution is 5.58. The fraction of sp³-hybridized carbons (Fsp3) is 0.500. The summed E-state index contributed by atoms with van der Waals surface area (Å²) in [5.41, 5.74) is -0.221. The monoisotopic (exact) mass is 263 g/mol. The molecule has 0 unspecified atom stereocenters. The van der Waals surface area contributed by atoms with Gasteiger partial charge in [0.25, 0.3) is 0 Å². The van der Waals surface area contributed by atoms with E-state index in [1.165, 1.54) is 20.3 Å². The molecule has 19 heavy (non-hydrogen) atoms. The minimum atomic E-state index is -0.744. The second-order valence-electron chi connectivity index (χ2n) is 4.64. The minimum absolute atomic E-state index is 0.0681. The zero-order valence-electron chi connectivity index (χ0n) is 11.1. The molecular formula is C14H17NO4. The van der Waals surface area contributed by atoms with E-state index >= 15 is 0 Å². The van der Waals surface area contributed by atoms with Gasteiger partial charge in [-0.3, -0.25) is 0 Å². The molecule has 1 aromatic carbocycles. The molecule has 0 heterocycles. The van der Waals surface area contributed by atoms with Crippen LogP contribution >= 0.6 is 0 Å². The Kier molecular flexibility index (Phi) is 3.76. The summed E-state index contributed by atoms with van der Waals surface area (Å²) in [7, 11) is 3.04. The van der Waals surface area contributed by atoms with Crippen LogP contribution in [0.3, 0.4) is 0 Å². The molecule has 5 nitrogen and oxygen atoms in total. The van der Waals surface area contributed by atoms with Crippen molar-refractivity contribution in [1.29, 1.82) is 0 Å². The van der Waals surface area contributed by atoms with Crippen LogP contribution in [-0.2, 0) is 10.3 Å². The topological polar surface area (TPSA) is 68.1 Å². The molecule has 0 radical (unpaired) electrons. The molecule has 5 heteroatoms. The van der Waals surface area contributed by atoms with Gasteiger partial charge in [0.15, 0.2) is 11.5 Å². The van der Waals surface area contributed by atoms with Crippen LogP contribution in [0.25, 0.3) is 0 Å². The van der Waals surface area contributed by atoms with Crippen molar-refractivity contribution < 1.29 is 19.4 Å². The Hall–Kier alpha value is -2.00. The molecule has 0 atom stereocenters. The minimum Gasteiger partial charge on any atom is -0.507 e. The number of hydrogen-bond acceptors (Lipinski definition) is 5. The summed E-state index contributed by atoms with van der Waals surface area (Å²) in [4.78, 5) is 14.7. The maximum atomic E-state index is 10.8. The van der Waals surface area contributed by atoms with E-state index in [0.717, 1.165) is 12.8 Å². The van der Waals surface area contributed by atoms with Crippen LogP contribution in [0.2, 0.25) is 0 Å². The summed E-state index contributed by atoms with van der Waals surface area (Å²) in [6.45, 7) is 0. The predicted octanol–water partition coefficient (Wildman–Crippen LogP) is 2.51. The third kappa shape index (κ3) is 2.17. The highest BCUT2D eigenvalue weighted by atomic mass is 16.5. The van der Waals surface area contributed by atoms with Gasteiger partial charge in [-0.15, -0.1) is 0 Å². The normalized spacial score (nSPS) is 16.7. The van der Waals surface area contributed by atoms with Crippen LogP contribution in [0.15, 0.2) is 17.1 Å². The first-order valence-corrected chi connectivity index (χ1v) is 6.22. The number of phenolic OH excluding ortho intramolecular Hbond substituents is 1. The largest absolute Gasteiger partial charge is 0.507 e. The van der Waals surface area contributed by atoms with Crippen molar-refractivity contribution in [3.05, 3.63) is 17.7 Å². The maximum absolute atomic E-state index is 10.8. The number of carbonyl (C=O) groups excluding carboxylic acids is 1. The van der Waals surface area contributed by atoms with Gasteiger partial charge >= 0.3 is 0 Å². The molecule has 0 spiro atoms. The first-order chi connectivity index (χ1) is 9.18. The third-order valence-corrected chi connectivity index (χ3v) is 3.68. The van der Waals surface area contributed by atoms with Crippen LogP contribution < -0.4 is 9.47 Å². The van der Waals surface area contributed by atoms with Gasteiger partial charge in [0.2, 0.25) is 6.08 Å². The fourth-order valence-electron chi connectivity index (χ4n) is 2.83. The van der Waals surface area contributed by atoms with Crippen molar-refractivity contribution in [3.8, 4) is 17.2 Å². The highest BCUT2D eigenvalue weighted by Crippen LogP contribution is 2.51. The van der Waals surface area contributed by atoms with Crippen molar-refractivity contribution in [1.82, 2.24) is 0 Å². The van der Waals surface area contributed by atoms with Crippen LogP contribution in [0, 0.1) is 0 Å². The number of phenols is 1. The molecule has 0 aliphatic heterocycles. The quantitative estimate of drug-likeness (QED) is 0.669. The van der Waals surface area contributed by atoms with Crippen molar-refractivity contribution in [3.63, 3.8) is 0 Å². The number of methoxy groups -OCH3 is 2. The smallest absolute Gasteiger partial charge is 0.235 e. The van der Waals surface area contributed by atoms with Crippen molar-refractivity contribution in [2.75, 3.05) is 14.2 Å². The number of isocyanates is 1. The molecule has 0 amide bonds. The van der Waals surface area contributed by atoms with Crippen molar-refractivity contribution in [2.24, 2.45) is 4.99 Å². The molecule has 0 saturated heterocycles. The van der Waals surface area contributed by atoms with Crippen molar-refractivity contribution in [2.45, 2.75) is 31.2 Å². The average Bonchev–Trinajstić information content (AvgIpc) is 2.88. The van der Waals surface area contributed by atoms with Gasteiger partial charge in [0.1, 0.15) is 11.3 Å². The lowest BCUT2D eigenvalue weighted by Gasteiger charge is -2.26. The van der Waals surface area contributed by atoms with Crippen LogP contribution in [0.5, 0.6) is 17.2 Å². The Morgan fingerprint density at radius 1 is 1.26 bits per heavy atom. The third-order valence-electron chi connectivity index (χ3n) is 3.68. The Morgan fingerprint density at radius 3 is 2.47 bits per heavy atom. The predicted molar refractivity (Wildman–Crippen MR) is 69.5 cm³/mol. The SMILES string of the molecule is COc1ccc(O)c(C2(N=C=O)CCCC2)c1OC. The molecule has 1 aliphatic rings. The zero-order chi connectivity index (χ0) is 13.9. The summed E-state index contributed by atoms with van der Waals surface area (Å²) in [6.07, 6.45) is 4.92. The lowest BCUT2D eigenvalue weighted by molar-refractivity contribution is 0.327. The molecule has 102 valence electrons. The molecule has 2 rings (SSSR count). The molecule has 1 fully saturated rings. The number of rotatable bonds is 4. The summed E-state index contributed by atoms with van der Waals surface area (Å²) in [5.74, 6) is 1.02. The van der Waals surface area contributed by atoms with Gasteiger partial charge in [-0.1, -0.05) is 12.8 Å². The number of ether oxygens (including phenoxy) is 2. The summed E-state index contributed by atoms with van der Waals surface area (Å²) >= 11 is 0. The summed E-state index contributed by atoms with van der Waals surface area (Å²) in [6, 6.07) is 3.17. The maximum Gasteiger partial charge on any atom is 0.235 e. The Labute approximate surface area is 111 Å². The molecule has 0 bridgehead atoms. The van der Waals surface area contributed by atoms with E-state index in [1.807, 2.05) is 0 Å². The first kappa shape index (κ1) is 13.4. The van der Waals surface area contributed by atoms with Gasteiger partial charge < -0.3 is 14.6 Å². The summed E-state index contributed by atoms with van der Waals surface area (Å²) < 4.78 is 10.6. The number of hydrogen-bond donors (Lipinski definition) is 1. The second kappa shape index (κ2) is 5.33. The highest BCUT2D eigenvalue weighted by Gasteiger charge is 2.41. The number of aliphatic imine (C=N–C) groups is 1. The van der Waals surface area contributed by atoms with Gasteiger partial charge in [-0.05, 0) is 25.0 Å². The van der Waals surface area contributed by atoms with Crippen LogP contribution in [-0.4, -0.2) is 25.4 Å². The van der Waals surface area contributed by atoms with E-state index in [-0.39, 0.29) is 5.75 Å². The lowest BCUT2D eigenvalue weighted by atomic mass is 9.87. The van der Waals surface area contributed by atoms with Gasteiger partial charge in [0, 0.05) is 0 Å². The van der Waals surface area contributed by atoms with Crippen LogP contribution in [0.4, 0.5) is 0 Å². The first-order valence-electron chi connectivity index (χ1n) is 6.22. The second-order valence-corrected chi connectivity index (χ2v) is 4.64. The summed E-state index contributed by atoms with van der Waals surface area (Å²) in [5, 5.41) is 10.2. The van der Waals surface area contributed by atoms with Gasteiger partial charge in [-0.25, -0.2) is 4.79 Å². The fourth-order valence-corrected chi connectivity index (χ4v) is 2.83. The molecule has 1 N–H and O–H groups in total. The Balaban J connectivity index is 2.68. The zero-order valence-corrected chi connectivity index (χ0v) is 11.1. The average molecular weight is 263 g/mol. The Morgan fingerprint density at radius 2 is 1.95 bits per heavy atom. The van der Waals surface area contributed by atoms with E-state index in [2.05, 4.69) is 4.99 Å². The number of aromatic hydroxyl groups is 1. The molecular weight excluding hydrogens is 246 g/mol.